The molecule has 0 fully saturated rings. The lowest BCUT2D eigenvalue weighted by molar-refractivity contribution is 0.0695. The van der Waals surface area contributed by atoms with Gasteiger partial charge in [-0.1, -0.05) is 24.3 Å². The fourth-order valence-corrected chi connectivity index (χ4v) is 3.34. The van der Waals surface area contributed by atoms with Crippen LogP contribution < -0.4 is 16.4 Å². The van der Waals surface area contributed by atoms with E-state index in [9.17, 15) is 18.8 Å². The molecule has 1 atom stereocenters. The molecule has 0 saturated carbocycles. The Labute approximate surface area is 195 Å². The highest BCUT2D eigenvalue weighted by Crippen LogP contribution is 2.18. The molecule has 0 aliphatic heterocycles. The Morgan fingerprint density at radius 3 is 2.29 bits per heavy atom. The maximum atomic E-state index is 13.4. The molecule has 2 aromatic carbocycles. The van der Waals surface area contributed by atoms with Crippen molar-refractivity contribution >= 4 is 23.7 Å². The van der Waals surface area contributed by atoms with Crippen LogP contribution in [0.2, 0.25) is 0 Å². The number of halogens is 1. The number of hydrogen-bond donors (Lipinski definition) is 4. The van der Waals surface area contributed by atoms with Crippen LogP contribution in [0.15, 0.2) is 42.5 Å². The molecule has 1 heterocycles. The summed E-state index contributed by atoms with van der Waals surface area (Å²) in [5, 5.41) is 14.6. The number of amides is 2. The number of aryl methyl sites for hydroxylation is 2. The first-order valence-corrected chi connectivity index (χ1v) is 10.4. The summed E-state index contributed by atoms with van der Waals surface area (Å²) in [6, 6.07) is 10.0. The smallest absolute Gasteiger partial charge is 0.335 e. The lowest BCUT2D eigenvalue weighted by Gasteiger charge is -2.16. The minimum absolute atomic E-state index is 0.0919. The summed E-state index contributed by atoms with van der Waals surface area (Å²) in [4.78, 5) is 44.3. The largest absolute Gasteiger partial charge is 0.478 e. The number of carboxylic acids is 1. The number of rotatable bonds is 7. The highest BCUT2D eigenvalue weighted by atomic mass is 19.1. The van der Waals surface area contributed by atoms with E-state index in [1.165, 1.54) is 18.2 Å². The van der Waals surface area contributed by atoms with Crippen molar-refractivity contribution in [2.75, 3.05) is 5.73 Å². The number of nitrogens with two attached hydrogens (primary N) is 1. The van der Waals surface area contributed by atoms with Gasteiger partial charge in [0.25, 0.3) is 11.8 Å². The summed E-state index contributed by atoms with van der Waals surface area (Å²) in [6.45, 7) is 5.16. The molecule has 0 saturated heterocycles. The molecule has 0 aliphatic rings. The van der Waals surface area contributed by atoms with E-state index in [0.29, 0.717) is 22.3 Å². The van der Waals surface area contributed by atoms with Gasteiger partial charge >= 0.3 is 5.97 Å². The topological polar surface area (TPSA) is 147 Å². The zero-order valence-corrected chi connectivity index (χ0v) is 18.8. The standard InChI is InChI=1S/C24H24FN5O4/c1-12-9-16(5-6-17(12)23(33)34)14(3)28-22(32)20-10-19(29-24(26)30-20)21(31)27-11-15-4-7-18(25)13(2)8-15/h4-10,14H,11H2,1-3H3,(H,27,31)(H,28,32)(H,33,34)(H2,26,29,30)/t14-/m0/s1. The second-order valence-corrected chi connectivity index (χ2v) is 7.84. The predicted octanol–water partition coefficient (Wildman–Crippen LogP) is 2.93. The van der Waals surface area contributed by atoms with Crippen molar-refractivity contribution in [1.82, 2.24) is 20.6 Å². The third kappa shape index (κ3) is 5.71. The predicted molar refractivity (Wildman–Crippen MR) is 123 cm³/mol. The van der Waals surface area contributed by atoms with Gasteiger partial charge in [-0.05, 0) is 55.2 Å². The van der Waals surface area contributed by atoms with Crippen LogP contribution in [0.3, 0.4) is 0 Å². The Morgan fingerprint density at radius 1 is 1.00 bits per heavy atom. The minimum Gasteiger partial charge on any atom is -0.478 e. The number of carbonyl (C=O) groups excluding carboxylic acids is 2. The van der Waals surface area contributed by atoms with Gasteiger partial charge in [0.2, 0.25) is 5.95 Å². The average molecular weight is 465 g/mol. The summed E-state index contributed by atoms with van der Waals surface area (Å²) < 4.78 is 13.4. The Hall–Kier alpha value is -4.34. The molecule has 9 nitrogen and oxygen atoms in total. The molecule has 0 unspecified atom stereocenters. The van der Waals surface area contributed by atoms with Gasteiger partial charge in [0.1, 0.15) is 17.2 Å². The molecule has 0 spiro atoms. The Kier molecular flexibility index (Phi) is 7.20. The van der Waals surface area contributed by atoms with Crippen LogP contribution in [0.5, 0.6) is 0 Å². The SMILES string of the molecule is Cc1cc(CNC(=O)c2cc(C(=O)N[C@@H](C)c3ccc(C(=O)O)c(C)c3)nc(N)n2)ccc1F. The molecule has 5 N–H and O–H groups in total. The third-order valence-corrected chi connectivity index (χ3v) is 5.21. The zero-order chi connectivity index (χ0) is 25.0. The molecule has 176 valence electrons. The number of hydrogen-bond acceptors (Lipinski definition) is 6. The second-order valence-electron chi connectivity index (χ2n) is 7.84. The maximum absolute atomic E-state index is 13.4. The first-order chi connectivity index (χ1) is 16.0. The van der Waals surface area contributed by atoms with Gasteiger partial charge in [0.15, 0.2) is 0 Å². The number of benzene rings is 2. The van der Waals surface area contributed by atoms with Crippen molar-refractivity contribution in [3.63, 3.8) is 0 Å². The molecule has 34 heavy (non-hydrogen) atoms. The van der Waals surface area contributed by atoms with Crippen LogP contribution in [0.4, 0.5) is 10.3 Å². The van der Waals surface area contributed by atoms with E-state index in [0.717, 1.165) is 0 Å². The molecule has 1 aromatic heterocycles. The number of nitrogens with one attached hydrogen (secondary N) is 2. The number of nitrogens with zero attached hydrogens (tertiary/aromatic N) is 2. The fraction of sp³-hybridized carbons (Fsp3) is 0.208. The van der Waals surface area contributed by atoms with E-state index in [1.54, 1.807) is 45.0 Å². The summed E-state index contributed by atoms with van der Waals surface area (Å²) in [7, 11) is 0. The monoisotopic (exact) mass is 465 g/mol. The third-order valence-electron chi connectivity index (χ3n) is 5.21. The van der Waals surface area contributed by atoms with E-state index in [1.807, 2.05) is 0 Å². The molecule has 0 aliphatic carbocycles. The van der Waals surface area contributed by atoms with Gasteiger partial charge in [0.05, 0.1) is 11.6 Å². The summed E-state index contributed by atoms with van der Waals surface area (Å²) in [5.74, 6) is -2.76. The van der Waals surface area contributed by atoms with Crippen molar-refractivity contribution in [2.45, 2.75) is 33.4 Å². The van der Waals surface area contributed by atoms with Crippen LogP contribution in [-0.4, -0.2) is 32.9 Å². The van der Waals surface area contributed by atoms with Gasteiger partial charge in [-0.15, -0.1) is 0 Å². The van der Waals surface area contributed by atoms with Gasteiger partial charge in [0, 0.05) is 12.6 Å². The number of aromatic carboxylic acids is 1. The van der Waals surface area contributed by atoms with Crippen molar-refractivity contribution in [2.24, 2.45) is 0 Å². The fourth-order valence-electron chi connectivity index (χ4n) is 3.34. The molecular weight excluding hydrogens is 441 g/mol. The van der Waals surface area contributed by atoms with E-state index in [2.05, 4.69) is 20.6 Å². The Bertz CT molecular complexity index is 1280. The van der Waals surface area contributed by atoms with Gasteiger partial charge in [-0.25, -0.2) is 19.2 Å². The number of anilines is 1. The van der Waals surface area contributed by atoms with Crippen molar-refractivity contribution in [3.8, 4) is 0 Å². The second kappa shape index (κ2) is 10.1. The van der Waals surface area contributed by atoms with E-state index in [4.69, 9.17) is 10.8 Å². The van der Waals surface area contributed by atoms with Crippen LogP contribution in [-0.2, 0) is 6.54 Å². The van der Waals surface area contributed by atoms with E-state index < -0.39 is 23.8 Å². The summed E-state index contributed by atoms with van der Waals surface area (Å²) in [6.07, 6.45) is 0. The van der Waals surface area contributed by atoms with Crippen molar-refractivity contribution in [3.05, 3.63) is 87.5 Å². The van der Waals surface area contributed by atoms with Gasteiger partial charge in [-0.3, -0.25) is 9.59 Å². The molecule has 0 radical (unpaired) electrons. The van der Waals surface area contributed by atoms with E-state index >= 15 is 0 Å². The quantitative estimate of drug-likeness (QED) is 0.419. The first kappa shape index (κ1) is 24.3. The number of carbonyl (C=O) groups is 3. The summed E-state index contributed by atoms with van der Waals surface area (Å²) >= 11 is 0. The zero-order valence-electron chi connectivity index (χ0n) is 18.8. The van der Waals surface area contributed by atoms with Crippen LogP contribution in [0.1, 0.15) is 66.6 Å². The molecular formula is C24H24FN5O4. The lowest BCUT2D eigenvalue weighted by atomic mass is 10.0. The molecule has 2 amide bonds. The average Bonchev–Trinajstić information content (AvgIpc) is 2.78. The Balaban J connectivity index is 1.71. The maximum Gasteiger partial charge on any atom is 0.335 e. The van der Waals surface area contributed by atoms with Crippen LogP contribution in [0.25, 0.3) is 0 Å². The molecule has 10 heteroatoms. The van der Waals surface area contributed by atoms with E-state index in [-0.39, 0.29) is 35.3 Å². The van der Waals surface area contributed by atoms with Crippen LogP contribution in [0, 0.1) is 19.7 Å². The number of nitrogen functional groups attached to an aromatic ring is 1. The normalized spacial score (nSPS) is 11.5. The van der Waals surface area contributed by atoms with Crippen molar-refractivity contribution < 1.29 is 23.9 Å². The highest BCUT2D eigenvalue weighted by Gasteiger charge is 2.18. The van der Waals surface area contributed by atoms with Crippen molar-refractivity contribution in [1.29, 1.82) is 0 Å². The molecule has 3 aromatic rings. The number of aromatic nitrogens is 2. The Morgan fingerprint density at radius 2 is 1.68 bits per heavy atom. The van der Waals surface area contributed by atoms with Crippen LogP contribution >= 0.6 is 0 Å². The number of carboxylic acid groups (broad SMARTS) is 1. The first-order valence-electron chi connectivity index (χ1n) is 10.4. The van der Waals surface area contributed by atoms with Gasteiger partial charge < -0.3 is 21.5 Å². The lowest BCUT2D eigenvalue weighted by Crippen LogP contribution is -2.29. The minimum atomic E-state index is -1.03. The highest BCUT2D eigenvalue weighted by molar-refractivity contribution is 5.97. The molecule has 3 rings (SSSR count). The molecule has 0 bridgehead atoms. The van der Waals surface area contributed by atoms with Gasteiger partial charge in [-0.2, -0.15) is 0 Å². The summed E-state index contributed by atoms with van der Waals surface area (Å²) in [5.41, 5.74) is 8.11.